The largest absolute Gasteiger partial charge is 0.388 e. The first-order valence-corrected chi connectivity index (χ1v) is 4.75. The molecule has 0 bridgehead atoms. The van der Waals surface area contributed by atoms with E-state index >= 15 is 0 Å². The molecule has 15 heavy (non-hydrogen) atoms. The number of H-pyrrole nitrogens is 1. The molecular formula is C9H13N3O3. The van der Waals surface area contributed by atoms with Crippen molar-refractivity contribution < 1.29 is 15.0 Å². The standard InChI is InChI=1S/C9H13N3O3/c1-5-6(2-10-11-5)9(15)12-3-7(13)8(14)4-12/h2,7-8,13-14H,3-4H2,1H3,(H,10,11). The lowest BCUT2D eigenvalue weighted by atomic mass is 10.2. The van der Waals surface area contributed by atoms with Gasteiger partial charge in [-0.1, -0.05) is 0 Å². The summed E-state index contributed by atoms with van der Waals surface area (Å²) in [6, 6.07) is 0. The van der Waals surface area contributed by atoms with Crippen LogP contribution in [0.2, 0.25) is 0 Å². The highest BCUT2D eigenvalue weighted by Gasteiger charge is 2.33. The molecule has 2 rings (SSSR count). The molecule has 0 aliphatic carbocycles. The van der Waals surface area contributed by atoms with Crippen molar-refractivity contribution >= 4 is 5.91 Å². The Balaban J connectivity index is 2.13. The Kier molecular flexibility index (Phi) is 2.45. The number of aromatic amines is 1. The molecule has 2 atom stereocenters. The predicted octanol–water partition coefficient (Wildman–Crippen LogP) is -1.10. The summed E-state index contributed by atoms with van der Waals surface area (Å²) in [5, 5.41) is 25.1. The first-order valence-electron chi connectivity index (χ1n) is 4.75. The molecule has 0 saturated carbocycles. The zero-order valence-corrected chi connectivity index (χ0v) is 8.34. The Labute approximate surface area is 86.5 Å². The second kappa shape index (κ2) is 3.63. The molecule has 0 aromatic carbocycles. The molecule has 2 unspecified atom stereocenters. The Morgan fingerprint density at radius 3 is 2.60 bits per heavy atom. The first-order chi connectivity index (χ1) is 7.09. The van der Waals surface area contributed by atoms with Crippen LogP contribution in [0.3, 0.4) is 0 Å². The Morgan fingerprint density at radius 1 is 1.53 bits per heavy atom. The maximum absolute atomic E-state index is 11.9. The Morgan fingerprint density at radius 2 is 2.13 bits per heavy atom. The third-order valence-corrected chi connectivity index (χ3v) is 2.61. The van der Waals surface area contributed by atoms with Crippen molar-refractivity contribution in [1.82, 2.24) is 15.1 Å². The van der Waals surface area contributed by atoms with Gasteiger partial charge >= 0.3 is 0 Å². The lowest BCUT2D eigenvalue weighted by Gasteiger charge is -2.14. The summed E-state index contributed by atoms with van der Waals surface area (Å²) >= 11 is 0. The number of hydrogen-bond acceptors (Lipinski definition) is 4. The van der Waals surface area contributed by atoms with Gasteiger partial charge in [0.25, 0.3) is 5.91 Å². The number of aliphatic hydroxyl groups excluding tert-OH is 2. The number of rotatable bonds is 1. The second-order valence-corrected chi connectivity index (χ2v) is 3.75. The van der Waals surface area contributed by atoms with E-state index in [9.17, 15) is 15.0 Å². The van der Waals surface area contributed by atoms with E-state index in [1.165, 1.54) is 11.1 Å². The van der Waals surface area contributed by atoms with Crippen molar-refractivity contribution in [3.05, 3.63) is 17.5 Å². The van der Waals surface area contributed by atoms with Gasteiger partial charge in [0.1, 0.15) is 0 Å². The number of nitrogens with one attached hydrogen (secondary N) is 1. The molecule has 3 N–H and O–H groups in total. The lowest BCUT2D eigenvalue weighted by Crippen LogP contribution is -2.30. The normalized spacial score (nSPS) is 25.9. The van der Waals surface area contributed by atoms with E-state index in [1.54, 1.807) is 6.92 Å². The van der Waals surface area contributed by atoms with E-state index in [2.05, 4.69) is 10.2 Å². The van der Waals surface area contributed by atoms with Crippen LogP contribution in [0.1, 0.15) is 16.1 Å². The van der Waals surface area contributed by atoms with Crippen molar-refractivity contribution in [3.8, 4) is 0 Å². The van der Waals surface area contributed by atoms with Gasteiger partial charge in [-0.25, -0.2) is 0 Å². The van der Waals surface area contributed by atoms with E-state index in [0.29, 0.717) is 11.3 Å². The minimum atomic E-state index is -0.846. The number of carbonyl (C=O) groups excluding carboxylic acids is 1. The number of aromatic nitrogens is 2. The number of amides is 1. The molecule has 1 aromatic heterocycles. The molecule has 2 heterocycles. The highest BCUT2D eigenvalue weighted by molar-refractivity contribution is 5.95. The second-order valence-electron chi connectivity index (χ2n) is 3.75. The third-order valence-electron chi connectivity index (χ3n) is 2.61. The summed E-state index contributed by atoms with van der Waals surface area (Å²) in [5.74, 6) is -0.211. The molecule has 82 valence electrons. The maximum atomic E-state index is 11.9. The number of β-amino-alcohol motifs (C(OH)–C–C–N with tert-alkyl or cyclic N) is 2. The molecule has 6 nitrogen and oxygen atoms in total. The molecule has 0 radical (unpaired) electrons. The molecular weight excluding hydrogens is 198 g/mol. The van der Waals surface area contributed by atoms with E-state index in [1.807, 2.05) is 0 Å². The average Bonchev–Trinajstić information content (AvgIpc) is 2.74. The van der Waals surface area contributed by atoms with Crippen molar-refractivity contribution in [2.24, 2.45) is 0 Å². The van der Waals surface area contributed by atoms with E-state index in [-0.39, 0.29) is 19.0 Å². The van der Waals surface area contributed by atoms with E-state index in [0.717, 1.165) is 0 Å². The summed E-state index contributed by atoms with van der Waals surface area (Å²) in [5.41, 5.74) is 1.17. The van der Waals surface area contributed by atoms with Crippen LogP contribution in [0, 0.1) is 6.92 Å². The fourth-order valence-corrected chi connectivity index (χ4v) is 1.67. The molecule has 1 saturated heterocycles. The smallest absolute Gasteiger partial charge is 0.257 e. The highest BCUT2D eigenvalue weighted by Crippen LogP contribution is 2.15. The number of likely N-dealkylation sites (tertiary alicyclic amines) is 1. The first kappa shape index (κ1) is 10.1. The number of hydrogen-bond donors (Lipinski definition) is 3. The molecule has 1 aliphatic rings. The maximum Gasteiger partial charge on any atom is 0.257 e. The fourth-order valence-electron chi connectivity index (χ4n) is 1.67. The highest BCUT2D eigenvalue weighted by atomic mass is 16.3. The van der Waals surface area contributed by atoms with Gasteiger partial charge in [0.05, 0.1) is 24.0 Å². The Bertz CT molecular complexity index is 366. The van der Waals surface area contributed by atoms with Crippen LogP contribution in [0.4, 0.5) is 0 Å². The third kappa shape index (κ3) is 1.73. The SMILES string of the molecule is Cc1[nH]ncc1C(=O)N1CC(O)C(O)C1. The summed E-state index contributed by atoms with van der Waals surface area (Å²) in [6.45, 7) is 2.10. The van der Waals surface area contributed by atoms with Crippen molar-refractivity contribution in [2.75, 3.05) is 13.1 Å². The summed E-state index contributed by atoms with van der Waals surface area (Å²) in [6.07, 6.45) is -0.239. The lowest BCUT2D eigenvalue weighted by molar-refractivity contribution is 0.0572. The summed E-state index contributed by atoms with van der Waals surface area (Å²) in [7, 11) is 0. The predicted molar refractivity (Wildman–Crippen MR) is 51.2 cm³/mol. The number of aryl methyl sites for hydroxylation is 1. The minimum Gasteiger partial charge on any atom is -0.388 e. The van der Waals surface area contributed by atoms with Gasteiger partial charge in [0.2, 0.25) is 0 Å². The molecule has 1 fully saturated rings. The molecule has 0 spiro atoms. The van der Waals surface area contributed by atoms with E-state index < -0.39 is 12.2 Å². The van der Waals surface area contributed by atoms with Gasteiger partial charge in [-0.2, -0.15) is 5.10 Å². The molecule has 1 amide bonds. The van der Waals surface area contributed by atoms with Crippen LogP contribution in [0.5, 0.6) is 0 Å². The van der Waals surface area contributed by atoms with Crippen LogP contribution in [-0.4, -0.2) is 56.5 Å². The van der Waals surface area contributed by atoms with Gasteiger partial charge in [-0.3, -0.25) is 9.89 Å². The summed E-state index contributed by atoms with van der Waals surface area (Å²) in [4.78, 5) is 13.3. The topological polar surface area (TPSA) is 89.5 Å². The molecule has 1 aromatic rings. The Hall–Kier alpha value is -1.40. The number of nitrogens with zero attached hydrogens (tertiary/aromatic N) is 2. The van der Waals surface area contributed by atoms with Gasteiger partial charge in [-0.15, -0.1) is 0 Å². The average molecular weight is 211 g/mol. The molecule has 6 heteroatoms. The fraction of sp³-hybridized carbons (Fsp3) is 0.556. The number of aliphatic hydroxyl groups is 2. The summed E-state index contributed by atoms with van der Waals surface area (Å²) < 4.78 is 0. The van der Waals surface area contributed by atoms with Crippen molar-refractivity contribution in [2.45, 2.75) is 19.1 Å². The van der Waals surface area contributed by atoms with Crippen LogP contribution < -0.4 is 0 Å². The zero-order valence-electron chi connectivity index (χ0n) is 8.34. The van der Waals surface area contributed by atoms with Gasteiger partial charge in [-0.05, 0) is 6.92 Å². The quantitative estimate of drug-likeness (QED) is 0.550. The number of carbonyl (C=O) groups is 1. The van der Waals surface area contributed by atoms with Gasteiger partial charge in [0.15, 0.2) is 0 Å². The van der Waals surface area contributed by atoms with Crippen LogP contribution in [0.15, 0.2) is 6.20 Å². The van der Waals surface area contributed by atoms with E-state index in [4.69, 9.17) is 0 Å². The molecule has 1 aliphatic heterocycles. The van der Waals surface area contributed by atoms with Gasteiger partial charge < -0.3 is 15.1 Å². The van der Waals surface area contributed by atoms with Crippen molar-refractivity contribution in [3.63, 3.8) is 0 Å². The zero-order chi connectivity index (χ0) is 11.0. The van der Waals surface area contributed by atoms with Crippen LogP contribution in [0.25, 0.3) is 0 Å². The monoisotopic (exact) mass is 211 g/mol. The minimum absolute atomic E-state index is 0.171. The van der Waals surface area contributed by atoms with Gasteiger partial charge in [0, 0.05) is 18.8 Å². The van der Waals surface area contributed by atoms with Crippen LogP contribution >= 0.6 is 0 Å². The van der Waals surface area contributed by atoms with Crippen LogP contribution in [-0.2, 0) is 0 Å². The van der Waals surface area contributed by atoms with Crippen molar-refractivity contribution in [1.29, 1.82) is 0 Å².